The van der Waals surface area contributed by atoms with Crippen LogP contribution in [0.3, 0.4) is 0 Å². The van der Waals surface area contributed by atoms with E-state index >= 15 is 0 Å². The molecule has 0 bridgehead atoms. The standard InChI is InChI=1S/C20H32N2O5S2/c1-15(20(23)21-12-13-28-17-8-6-5-7-9-17)22(29(4,24)25)18-14-16(26-2)10-11-19(18)27-3/h10-11,14-15,17H,5-9,12-13H2,1-4H3,(H,21,23)/t15-/m0/s1. The maximum Gasteiger partial charge on any atom is 0.243 e. The maximum atomic E-state index is 12.7. The molecule has 0 heterocycles. The fraction of sp³-hybridized carbons (Fsp3) is 0.650. The Hall–Kier alpha value is -1.61. The van der Waals surface area contributed by atoms with Crippen LogP contribution in [0.25, 0.3) is 0 Å². The second-order valence-electron chi connectivity index (χ2n) is 7.19. The average molecular weight is 445 g/mol. The van der Waals surface area contributed by atoms with Crippen molar-refractivity contribution in [2.24, 2.45) is 0 Å². The van der Waals surface area contributed by atoms with Crippen LogP contribution in [0.4, 0.5) is 5.69 Å². The van der Waals surface area contributed by atoms with Crippen LogP contribution in [0.1, 0.15) is 39.0 Å². The first-order valence-electron chi connectivity index (χ1n) is 9.88. The van der Waals surface area contributed by atoms with E-state index in [4.69, 9.17) is 9.47 Å². The number of ether oxygens (including phenoxy) is 2. The van der Waals surface area contributed by atoms with E-state index in [0.717, 1.165) is 16.3 Å². The summed E-state index contributed by atoms with van der Waals surface area (Å²) in [6.07, 6.45) is 7.45. The van der Waals surface area contributed by atoms with Crippen LogP contribution in [-0.4, -0.2) is 58.4 Å². The number of nitrogens with one attached hydrogen (secondary N) is 1. The van der Waals surface area contributed by atoms with Crippen LogP contribution in [0, 0.1) is 0 Å². The normalized spacial score (nSPS) is 16.1. The molecule has 164 valence electrons. The van der Waals surface area contributed by atoms with E-state index in [1.807, 2.05) is 11.8 Å². The van der Waals surface area contributed by atoms with E-state index in [1.165, 1.54) is 46.3 Å². The summed E-state index contributed by atoms with van der Waals surface area (Å²) in [7, 11) is -0.782. The van der Waals surface area contributed by atoms with Crippen LogP contribution >= 0.6 is 11.8 Å². The summed E-state index contributed by atoms with van der Waals surface area (Å²) in [5.41, 5.74) is 0.272. The Morgan fingerprint density at radius 2 is 1.93 bits per heavy atom. The fourth-order valence-electron chi connectivity index (χ4n) is 3.53. The molecule has 9 heteroatoms. The first-order chi connectivity index (χ1) is 13.8. The highest BCUT2D eigenvalue weighted by atomic mass is 32.2. The number of carbonyl (C=O) groups excluding carboxylic acids is 1. The maximum absolute atomic E-state index is 12.7. The number of anilines is 1. The highest BCUT2D eigenvalue weighted by Crippen LogP contribution is 2.35. The molecule has 1 fully saturated rings. The molecule has 0 saturated heterocycles. The van der Waals surface area contributed by atoms with Gasteiger partial charge in [-0.05, 0) is 31.9 Å². The first-order valence-corrected chi connectivity index (χ1v) is 12.8. The summed E-state index contributed by atoms with van der Waals surface area (Å²) in [4.78, 5) is 12.7. The van der Waals surface area contributed by atoms with Crippen molar-refractivity contribution < 1.29 is 22.7 Å². The largest absolute Gasteiger partial charge is 0.497 e. The number of benzene rings is 1. The lowest BCUT2D eigenvalue weighted by atomic mass is 10.0. The highest BCUT2D eigenvalue weighted by Gasteiger charge is 2.31. The zero-order valence-electron chi connectivity index (χ0n) is 17.6. The molecule has 0 aromatic heterocycles. The van der Waals surface area contributed by atoms with Gasteiger partial charge in [0.2, 0.25) is 15.9 Å². The number of hydrogen-bond donors (Lipinski definition) is 1. The SMILES string of the molecule is COc1ccc(OC)c(N([C@@H](C)C(=O)NCCSC2CCCCC2)S(C)(=O)=O)c1. The van der Waals surface area contributed by atoms with Gasteiger partial charge >= 0.3 is 0 Å². The van der Waals surface area contributed by atoms with Crippen LogP contribution < -0.4 is 19.1 Å². The Labute approximate surface area is 178 Å². The summed E-state index contributed by atoms with van der Waals surface area (Å²) in [6, 6.07) is 3.93. The lowest BCUT2D eigenvalue weighted by molar-refractivity contribution is -0.121. The van der Waals surface area contributed by atoms with E-state index in [9.17, 15) is 13.2 Å². The molecular formula is C20H32N2O5S2. The Balaban J connectivity index is 2.07. The molecule has 0 radical (unpaired) electrons. The number of rotatable bonds is 10. The van der Waals surface area contributed by atoms with Gasteiger partial charge in [0.05, 0.1) is 26.2 Å². The van der Waals surface area contributed by atoms with Crippen LogP contribution in [0.15, 0.2) is 18.2 Å². The first kappa shape index (κ1) is 23.7. The van der Waals surface area contributed by atoms with Crippen LogP contribution in [-0.2, 0) is 14.8 Å². The summed E-state index contributed by atoms with van der Waals surface area (Å²) in [5, 5.41) is 3.55. The Morgan fingerprint density at radius 3 is 2.52 bits per heavy atom. The van der Waals surface area contributed by atoms with Gasteiger partial charge in [-0.3, -0.25) is 9.10 Å². The molecule has 2 rings (SSSR count). The van der Waals surface area contributed by atoms with E-state index < -0.39 is 16.1 Å². The molecule has 1 aromatic rings. The van der Waals surface area contributed by atoms with Gasteiger partial charge in [-0.2, -0.15) is 11.8 Å². The molecule has 1 amide bonds. The van der Waals surface area contributed by atoms with Crippen molar-refractivity contribution in [1.82, 2.24) is 5.32 Å². The summed E-state index contributed by atoms with van der Waals surface area (Å²) < 4.78 is 36.7. The number of methoxy groups -OCH3 is 2. The quantitative estimate of drug-likeness (QED) is 0.559. The monoisotopic (exact) mass is 444 g/mol. The minimum Gasteiger partial charge on any atom is -0.497 e. The van der Waals surface area contributed by atoms with Crippen LogP contribution in [0.5, 0.6) is 11.5 Å². The molecule has 0 aliphatic heterocycles. The van der Waals surface area contributed by atoms with Crippen LogP contribution in [0.2, 0.25) is 0 Å². The minimum absolute atomic E-state index is 0.272. The second-order valence-corrected chi connectivity index (χ2v) is 10.5. The molecule has 1 aliphatic rings. The third kappa shape index (κ3) is 6.70. The highest BCUT2D eigenvalue weighted by molar-refractivity contribution is 7.99. The van der Waals surface area contributed by atoms with Gasteiger partial charge in [0, 0.05) is 23.6 Å². The topological polar surface area (TPSA) is 84.9 Å². The summed E-state index contributed by atoms with van der Waals surface area (Å²) >= 11 is 1.89. The van der Waals surface area contributed by atoms with Crippen molar-refractivity contribution in [3.63, 3.8) is 0 Å². The van der Waals surface area contributed by atoms with Gasteiger partial charge in [0.25, 0.3) is 0 Å². The molecule has 0 unspecified atom stereocenters. The third-order valence-electron chi connectivity index (χ3n) is 5.02. The molecule has 1 aromatic carbocycles. The van der Waals surface area contributed by atoms with E-state index in [-0.39, 0.29) is 11.6 Å². The zero-order chi connectivity index (χ0) is 21.4. The molecule has 0 spiro atoms. The molecule has 1 aliphatic carbocycles. The fourth-order valence-corrected chi connectivity index (χ4v) is 5.92. The Bertz CT molecular complexity index is 779. The van der Waals surface area contributed by atoms with Gasteiger partial charge in [-0.25, -0.2) is 8.42 Å². The lowest BCUT2D eigenvalue weighted by Crippen LogP contribution is -2.48. The number of thioether (sulfide) groups is 1. The third-order valence-corrected chi connectivity index (χ3v) is 7.63. The summed E-state index contributed by atoms with van der Waals surface area (Å²) in [6.45, 7) is 2.08. The van der Waals surface area contributed by atoms with Crippen molar-refractivity contribution in [3.05, 3.63) is 18.2 Å². The number of nitrogens with zero attached hydrogens (tertiary/aromatic N) is 1. The number of amides is 1. The van der Waals surface area contributed by atoms with Gasteiger partial charge in [-0.1, -0.05) is 19.3 Å². The number of carbonyl (C=O) groups is 1. The predicted octanol–water partition coefficient (Wildman–Crippen LogP) is 3.04. The Kier molecular flexibility index (Phi) is 8.95. The van der Waals surface area contributed by atoms with Gasteiger partial charge < -0.3 is 14.8 Å². The molecule has 7 nitrogen and oxygen atoms in total. The van der Waals surface area contributed by atoms with Crippen molar-refractivity contribution in [2.75, 3.05) is 37.1 Å². The number of sulfonamides is 1. The van der Waals surface area contributed by atoms with E-state index in [0.29, 0.717) is 23.3 Å². The smallest absolute Gasteiger partial charge is 0.243 e. The molecule has 1 atom stereocenters. The minimum atomic E-state index is -3.74. The van der Waals surface area contributed by atoms with Crippen molar-refractivity contribution in [1.29, 1.82) is 0 Å². The predicted molar refractivity (Wildman–Crippen MR) is 119 cm³/mol. The lowest BCUT2D eigenvalue weighted by Gasteiger charge is -2.29. The van der Waals surface area contributed by atoms with Crippen molar-refractivity contribution in [3.8, 4) is 11.5 Å². The van der Waals surface area contributed by atoms with E-state index in [2.05, 4.69) is 5.32 Å². The zero-order valence-corrected chi connectivity index (χ0v) is 19.3. The Morgan fingerprint density at radius 1 is 1.24 bits per heavy atom. The molecule has 29 heavy (non-hydrogen) atoms. The molecule has 1 saturated carbocycles. The van der Waals surface area contributed by atoms with Gasteiger partial charge in [0.15, 0.2) is 0 Å². The summed E-state index contributed by atoms with van der Waals surface area (Å²) in [5.74, 6) is 1.31. The van der Waals surface area contributed by atoms with Gasteiger partial charge in [0.1, 0.15) is 17.5 Å². The average Bonchev–Trinajstić information content (AvgIpc) is 2.70. The van der Waals surface area contributed by atoms with Crippen molar-refractivity contribution in [2.45, 2.75) is 50.3 Å². The van der Waals surface area contributed by atoms with E-state index in [1.54, 1.807) is 25.1 Å². The molecular weight excluding hydrogens is 412 g/mol. The van der Waals surface area contributed by atoms with Crippen molar-refractivity contribution >= 4 is 33.4 Å². The van der Waals surface area contributed by atoms with Gasteiger partial charge in [-0.15, -0.1) is 0 Å². The molecule has 1 N–H and O–H groups in total. The second kappa shape index (κ2) is 11.0. The number of hydrogen-bond acceptors (Lipinski definition) is 6.